The van der Waals surface area contributed by atoms with E-state index in [1.165, 1.54) is 15.9 Å². The second-order valence-corrected chi connectivity index (χ2v) is 5.76. The Morgan fingerprint density at radius 3 is 2.94 bits per heavy atom. The number of carbonyl (C=O) groups excluding carboxylic acids is 1. The predicted octanol–water partition coefficient (Wildman–Crippen LogP) is 0.399. The average molecular weight is 283 g/mol. The Labute approximate surface area is 111 Å². The number of thioether (sulfide) groups is 1. The van der Waals surface area contributed by atoms with Gasteiger partial charge in [-0.05, 0) is 12.5 Å². The minimum atomic E-state index is -1.17. The topological polar surface area (TPSA) is 75.0 Å². The van der Waals surface area contributed by atoms with Crippen LogP contribution in [0.4, 0.5) is 0 Å². The second kappa shape index (κ2) is 5.11. The summed E-state index contributed by atoms with van der Waals surface area (Å²) < 4.78 is 1.38. The summed E-state index contributed by atoms with van der Waals surface area (Å²) in [6.45, 7) is 2.01. The summed E-state index contributed by atoms with van der Waals surface area (Å²) in [6.07, 6.45) is 0.853. The van der Waals surface area contributed by atoms with Gasteiger partial charge in [0, 0.05) is 17.7 Å². The molecule has 2 aromatic rings. The van der Waals surface area contributed by atoms with Crippen molar-refractivity contribution < 1.29 is 9.90 Å². The molecule has 0 fully saturated rings. The Kier molecular flexibility index (Phi) is 3.72. The van der Waals surface area contributed by atoms with Crippen molar-refractivity contribution in [3.63, 3.8) is 0 Å². The van der Waals surface area contributed by atoms with Crippen molar-refractivity contribution in [2.24, 2.45) is 7.05 Å². The number of carboxylic acids is 1. The molecule has 7 heteroatoms. The lowest BCUT2D eigenvalue weighted by Crippen LogP contribution is -2.25. The van der Waals surface area contributed by atoms with Crippen molar-refractivity contribution in [1.29, 1.82) is 0 Å². The van der Waals surface area contributed by atoms with Crippen molar-refractivity contribution in [2.45, 2.75) is 18.5 Å². The third kappa shape index (κ3) is 2.41. The Morgan fingerprint density at radius 1 is 1.61 bits per heavy atom. The SMILES string of the molecule is CCc1cc2c(=O)n(C)c(SCC(=O)[O-])nc2s1. The Balaban J connectivity index is 2.52. The zero-order chi connectivity index (χ0) is 13.3. The number of aliphatic carboxylic acids is 1. The van der Waals surface area contributed by atoms with Gasteiger partial charge in [-0.15, -0.1) is 11.3 Å². The minimum Gasteiger partial charge on any atom is -0.549 e. The van der Waals surface area contributed by atoms with Gasteiger partial charge in [0.05, 0.1) is 11.4 Å². The number of hydrogen-bond acceptors (Lipinski definition) is 6. The summed E-state index contributed by atoms with van der Waals surface area (Å²) in [7, 11) is 1.59. The van der Waals surface area contributed by atoms with E-state index in [-0.39, 0.29) is 11.3 Å². The molecule has 0 aromatic carbocycles. The van der Waals surface area contributed by atoms with Crippen LogP contribution in [0.25, 0.3) is 10.2 Å². The molecule has 0 saturated heterocycles. The Bertz CT molecular complexity index is 660. The van der Waals surface area contributed by atoms with E-state index in [0.717, 1.165) is 23.1 Å². The number of nitrogens with zero attached hydrogens (tertiary/aromatic N) is 2. The molecule has 18 heavy (non-hydrogen) atoms. The molecule has 96 valence electrons. The lowest BCUT2D eigenvalue weighted by Gasteiger charge is -2.06. The maximum atomic E-state index is 12.1. The number of hydrogen-bond donors (Lipinski definition) is 0. The highest BCUT2D eigenvalue weighted by atomic mass is 32.2. The first kappa shape index (κ1) is 13.1. The van der Waals surface area contributed by atoms with Crippen LogP contribution in [-0.2, 0) is 18.3 Å². The molecule has 2 rings (SSSR count). The average Bonchev–Trinajstić information content (AvgIpc) is 2.75. The minimum absolute atomic E-state index is 0.142. The second-order valence-electron chi connectivity index (χ2n) is 3.70. The Hall–Kier alpha value is -1.34. The molecule has 2 aromatic heterocycles. The van der Waals surface area contributed by atoms with Crippen LogP contribution in [0.3, 0.4) is 0 Å². The smallest absolute Gasteiger partial charge is 0.262 e. The fourth-order valence-corrected chi connectivity index (χ4v) is 3.22. The maximum Gasteiger partial charge on any atom is 0.262 e. The van der Waals surface area contributed by atoms with E-state index in [9.17, 15) is 14.7 Å². The van der Waals surface area contributed by atoms with E-state index in [0.29, 0.717) is 15.4 Å². The van der Waals surface area contributed by atoms with Gasteiger partial charge in [0.1, 0.15) is 4.83 Å². The van der Waals surface area contributed by atoms with E-state index in [1.54, 1.807) is 7.05 Å². The number of aryl methyl sites for hydroxylation is 1. The van der Waals surface area contributed by atoms with Crippen LogP contribution < -0.4 is 10.7 Å². The van der Waals surface area contributed by atoms with E-state index in [4.69, 9.17) is 0 Å². The largest absolute Gasteiger partial charge is 0.549 e. The van der Waals surface area contributed by atoms with Crippen molar-refractivity contribution in [2.75, 3.05) is 5.75 Å². The van der Waals surface area contributed by atoms with Gasteiger partial charge in [-0.1, -0.05) is 18.7 Å². The first-order valence-electron chi connectivity index (χ1n) is 5.35. The van der Waals surface area contributed by atoms with Gasteiger partial charge in [-0.25, -0.2) is 4.98 Å². The molecule has 2 heterocycles. The summed E-state index contributed by atoms with van der Waals surface area (Å²) in [5, 5.41) is 11.4. The first-order chi connectivity index (χ1) is 8.52. The number of fused-ring (bicyclic) bond motifs is 1. The molecule has 0 aliphatic heterocycles. The van der Waals surface area contributed by atoms with E-state index in [1.807, 2.05) is 13.0 Å². The Morgan fingerprint density at radius 2 is 2.33 bits per heavy atom. The van der Waals surface area contributed by atoms with E-state index < -0.39 is 5.97 Å². The van der Waals surface area contributed by atoms with Gasteiger partial charge >= 0.3 is 0 Å². The molecule has 0 radical (unpaired) electrons. The van der Waals surface area contributed by atoms with Gasteiger partial charge in [-0.2, -0.15) is 0 Å². The summed E-state index contributed by atoms with van der Waals surface area (Å²) in [5.41, 5.74) is -0.142. The van der Waals surface area contributed by atoms with Crippen molar-refractivity contribution in [1.82, 2.24) is 9.55 Å². The van der Waals surface area contributed by atoms with E-state index >= 15 is 0 Å². The number of aromatic nitrogens is 2. The van der Waals surface area contributed by atoms with Gasteiger partial charge in [0.25, 0.3) is 5.56 Å². The number of thiophene rings is 1. The van der Waals surface area contributed by atoms with Crippen molar-refractivity contribution in [3.05, 3.63) is 21.3 Å². The standard InChI is InChI=1S/C11H12N2O3S2/c1-3-6-4-7-9(18-6)12-11(13(2)10(7)16)17-5-8(14)15/h4H,3,5H2,1-2H3,(H,14,15)/p-1. The van der Waals surface area contributed by atoms with Crippen molar-refractivity contribution in [3.8, 4) is 0 Å². The molecule has 0 N–H and O–H groups in total. The lowest BCUT2D eigenvalue weighted by atomic mass is 10.3. The van der Waals surface area contributed by atoms with Crippen LogP contribution in [0.2, 0.25) is 0 Å². The summed E-state index contributed by atoms with van der Waals surface area (Å²) >= 11 is 2.47. The fraction of sp³-hybridized carbons (Fsp3) is 0.364. The third-order valence-corrected chi connectivity index (χ3v) is 4.63. The quantitative estimate of drug-likeness (QED) is 0.600. The monoisotopic (exact) mass is 283 g/mol. The maximum absolute atomic E-state index is 12.1. The molecule has 0 atom stereocenters. The molecule has 0 aliphatic rings. The van der Waals surface area contributed by atoms with Crippen LogP contribution in [0.5, 0.6) is 0 Å². The molecule has 0 aliphatic carbocycles. The first-order valence-corrected chi connectivity index (χ1v) is 7.15. The van der Waals surface area contributed by atoms with Crippen LogP contribution >= 0.6 is 23.1 Å². The van der Waals surface area contributed by atoms with Crippen LogP contribution in [0.1, 0.15) is 11.8 Å². The molecular weight excluding hydrogens is 272 g/mol. The summed E-state index contributed by atoms with van der Waals surface area (Å²) in [6, 6.07) is 1.85. The molecule has 5 nitrogen and oxygen atoms in total. The van der Waals surface area contributed by atoms with Gasteiger partial charge < -0.3 is 9.90 Å². The molecule has 0 bridgehead atoms. The summed E-state index contributed by atoms with van der Waals surface area (Å²) in [5.74, 6) is -1.38. The molecule has 0 amide bonds. The van der Waals surface area contributed by atoms with Gasteiger partial charge in [0.2, 0.25) is 0 Å². The lowest BCUT2D eigenvalue weighted by molar-refractivity contribution is -0.301. The molecule has 0 saturated carbocycles. The highest BCUT2D eigenvalue weighted by Crippen LogP contribution is 2.24. The van der Waals surface area contributed by atoms with Crippen molar-refractivity contribution >= 4 is 39.3 Å². The van der Waals surface area contributed by atoms with Gasteiger partial charge in [-0.3, -0.25) is 9.36 Å². The zero-order valence-electron chi connectivity index (χ0n) is 9.93. The number of carbonyl (C=O) groups is 1. The highest BCUT2D eigenvalue weighted by molar-refractivity contribution is 7.99. The molecule has 0 spiro atoms. The third-order valence-electron chi connectivity index (χ3n) is 2.45. The fourth-order valence-electron chi connectivity index (χ4n) is 1.52. The van der Waals surface area contributed by atoms with Gasteiger partial charge in [0.15, 0.2) is 5.16 Å². The molecular formula is C11H11N2O3S2-. The zero-order valence-corrected chi connectivity index (χ0v) is 11.6. The normalized spacial score (nSPS) is 11.0. The molecule has 0 unspecified atom stereocenters. The summed E-state index contributed by atoms with van der Waals surface area (Å²) in [4.78, 5) is 28.6. The number of rotatable bonds is 4. The van der Waals surface area contributed by atoms with Crippen LogP contribution in [0.15, 0.2) is 16.0 Å². The highest BCUT2D eigenvalue weighted by Gasteiger charge is 2.11. The number of carboxylic acid groups (broad SMARTS) is 1. The van der Waals surface area contributed by atoms with E-state index in [2.05, 4.69) is 4.98 Å². The predicted molar refractivity (Wildman–Crippen MR) is 70.0 cm³/mol. The van der Waals surface area contributed by atoms with Crippen LogP contribution in [0, 0.1) is 0 Å². The van der Waals surface area contributed by atoms with Crippen LogP contribution in [-0.4, -0.2) is 21.3 Å².